The van der Waals surface area contributed by atoms with E-state index in [2.05, 4.69) is 26.2 Å². The molecule has 2 aromatic heterocycles. The van der Waals surface area contributed by atoms with Gasteiger partial charge in [-0.2, -0.15) is 9.97 Å². The summed E-state index contributed by atoms with van der Waals surface area (Å²) in [6, 6.07) is 5.06. The number of piperidine rings is 2. The molecule has 9 rings (SSSR count). The second kappa shape index (κ2) is 10.2. The molecule has 44 heavy (non-hydrogen) atoms. The number of benzene rings is 2. The highest BCUT2D eigenvalue weighted by Crippen LogP contribution is 2.42. The molecule has 0 radical (unpaired) electrons. The third-order valence-corrected chi connectivity index (χ3v) is 9.63. The number of aromatic nitrogens is 3. The third kappa shape index (κ3) is 4.26. The number of nitrogens with one attached hydrogen (secondary N) is 1. The van der Waals surface area contributed by atoms with Gasteiger partial charge in [-0.1, -0.05) is 12.0 Å². The first-order chi connectivity index (χ1) is 22.6. The van der Waals surface area contributed by atoms with Crippen molar-refractivity contribution in [2.24, 2.45) is 0 Å². The number of halogens is 3. The number of phenols is 1. The lowest BCUT2D eigenvalue weighted by Gasteiger charge is -2.46. The van der Waals surface area contributed by atoms with Gasteiger partial charge in [-0.15, -0.1) is 6.40 Å². The Labute approximate surface area is 256 Å². The third-order valence-electron chi connectivity index (χ3n) is 9.63. The van der Waals surface area contributed by atoms with Gasteiger partial charge in [0.05, 0.1) is 19.2 Å². The molecule has 11 heteroatoms. The summed E-state index contributed by atoms with van der Waals surface area (Å²) in [6.45, 7) is -0.457. The van der Waals surface area contributed by atoms with Crippen molar-refractivity contribution in [1.29, 1.82) is 0 Å². The van der Waals surface area contributed by atoms with Crippen molar-refractivity contribution < 1.29 is 27.1 Å². The first-order valence-electron chi connectivity index (χ1n) is 16.4. The van der Waals surface area contributed by atoms with Gasteiger partial charge in [0.25, 0.3) is 0 Å². The Morgan fingerprint density at radius 3 is 2.95 bits per heavy atom. The minimum Gasteiger partial charge on any atom is -0.508 e. The molecule has 2 unspecified atom stereocenters. The minimum atomic E-state index is -2.40. The van der Waals surface area contributed by atoms with Crippen LogP contribution >= 0.6 is 0 Å². The Kier molecular flexibility index (Phi) is 5.62. The van der Waals surface area contributed by atoms with Crippen LogP contribution in [0.15, 0.2) is 30.5 Å². The van der Waals surface area contributed by atoms with E-state index in [0.29, 0.717) is 43.7 Å². The predicted octanol–water partition coefficient (Wildman–Crippen LogP) is 4.71. The van der Waals surface area contributed by atoms with Crippen molar-refractivity contribution in [1.82, 2.24) is 25.2 Å². The highest BCUT2D eigenvalue weighted by Gasteiger charge is 2.49. The van der Waals surface area contributed by atoms with Gasteiger partial charge < -0.3 is 20.1 Å². The number of alkyl halides is 1. The fourth-order valence-electron chi connectivity index (χ4n) is 7.58. The molecule has 8 nitrogen and oxygen atoms in total. The zero-order valence-corrected chi connectivity index (χ0v) is 23.7. The zero-order chi connectivity index (χ0) is 32.7. The van der Waals surface area contributed by atoms with Crippen LogP contribution < -0.4 is 15.0 Å². The molecule has 7 heterocycles. The number of nitrogens with zero attached hydrogens (tertiary/aromatic N) is 5. The fraction of sp³-hybridized carbons (Fsp3) is 0.424. The molecule has 0 aliphatic carbocycles. The lowest BCUT2D eigenvalue weighted by Crippen LogP contribution is -2.61. The van der Waals surface area contributed by atoms with Crippen LogP contribution in [0.1, 0.15) is 41.8 Å². The molecule has 5 aliphatic rings. The number of hydrogen-bond donors (Lipinski definition) is 2. The average Bonchev–Trinajstić information content (AvgIpc) is 3.61. The number of anilines is 1. The van der Waals surface area contributed by atoms with Gasteiger partial charge in [0.2, 0.25) is 0 Å². The van der Waals surface area contributed by atoms with E-state index in [9.17, 15) is 13.9 Å². The maximum Gasteiger partial charge on any atom is 0.319 e. The van der Waals surface area contributed by atoms with Crippen LogP contribution in [-0.4, -0.2) is 81.5 Å². The van der Waals surface area contributed by atoms with Crippen LogP contribution in [0.25, 0.3) is 32.9 Å². The van der Waals surface area contributed by atoms with Crippen molar-refractivity contribution >= 4 is 27.5 Å². The van der Waals surface area contributed by atoms with Gasteiger partial charge in [0.15, 0.2) is 5.82 Å². The van der Waals surface area contributed by atoms with E-state index in [1.807, 2.05) is 11.3 Å². The van der Waals surface area contributed by atoms with Crippen LogP contribution in [0.5, 0.6) is 11.8 Å². The number of ether oxygens (including phenoxy) is 1. The summed E-state index contributed by atoms with van der Waals surface area (Å²) >= 11 is 0. The van der Waals surface area contributed by atoms with Crippen LogP contribution in [0.3, 0.4) is 0 Å². The second-order valence-corrected chi connectivity index (χ2v) is 12.2. The minimum absolute atomic E-state index is 0.0326. The maximum atomic E-state index is 16.9. The van der Waals surface area contributed by atoms with Crippen LogP contribution in [0.4, 0.5) is 19.0 Å². The molecular weight excluding hydrogens is 569 g/mol. The van der Waals surface area contributed by atoms with Crippen LogP contribution in [0.2, 0.25) is 0 Å². The molecule has 2 N–H and O–H groups in total. The number of phenolic OH excluding ortho intramolecular Hbond substituents is 1. The summed E-state index contributed by atoms with van der Waals surface area (Å²) in [5.41, 5.74) is -1.77. The average molecular weight is 604 g/mol. The maximum absolute atomic E-state index is 16.9. The number of hydrogen-bond acceptors (Lipinski definition) is 8. The number of pyridine rings is 1. The second-order valence-electron chi connectivity index (χ2n) is 12.2. The van der Waals surface area contributed by atoms with E-state index in [1.165, 1.54) is 24.4 Å². The monoisotopic (exact) mass is 603 g/mol. The molecule has 2 aromatic carbocycles. The molecule has 5 saturated heterocycles. The van der Waals surface area contributed by atoms with Crippen molar-refractivity contribution in [3.63, 3.8) is 0 Å². The first kappa shape index (κ1) is 24.2. The highest BCUT2D eigenvalue weighted by atomic mass is 19.1. The van der Waals surface area contributed by atoms with Crippen molar-refractivity contribution in [3.8, 4) is 35.3 Å². The Morgan fingerprint density at radius 2 is 2.16 bits per heavy atom. The largest absolute Gasteiger partial charge is 0.508 e. The number of terminal acetylenes is 1. The summed E-state index contributed by atoms with van der Waals surface area (Å²) in [7, 11) is 0. The molecular formula is C33H31F3N6O2. The SMILES string of the molecule is [2H]C#Cc1c(F)ccc2cc(O)cc(-c3ncc4c(N5CC6CCC5CN6)nc(OC([2H])([2H])[C@]56CCCN5C[C@@H](F)C6)nc4c3F)c12. The molecule has 0 saturated carbocycles. The van der Waals surface area contributed by atoms with E-state index in [1.54, 1.807) is 4.90 Å². The Balaban J connectivity index is 1.32. The summed E-state index contributed by atoms with van der Waals surface area (Å²) < 4.78 is 77.9. The molecule has 2 bridgehead atoms. The first-order valence-corrected chi connectivity index (χ1v) is 14.9. The molecule has 4 atom stereocenters. The van der Waals surface area contributed by atoms with Crippen molar-refractivity contribution in [2.45, 2.75) is 55.9 Å². The Morgan fingerprint density at radius 1 is 1.25 bits per heavy atom. The Hall–Kier alpha value is -4.14. The lowest BCUT2D eigenvalue weighted by atomic mass is 9.92. The van der Waals surface area contributed by atoms with Gasteiger partial charge in [-0.3, -0.25) is 9.88 Å². The van der Waals surface area contributed by atoms with Gasteiger partial charge in [0.1, 0.15) is 42.7 Å². The standard InChI is InChI=1S/C33H31F3N6O2/c1-2-23-26(35)7-4-18-10-22(43)11-24(27(18)23)29-28(36)30-25(14-38-29)31(42-16-20-5-6-21(42)13-37-20)40-32(39-30)44-17-33-8-3-9-41(33)15-19(34)12-33/h1,4,7,10-11,14,19-21,37,43H,3,5-6,8-9,12-13,15-17H2/t19-,20?,21?,33+/m0/s1/i1D,17D2. The summed E-state index contributed by atoms with van der Waals surface area (Å²) in [6.07, 6.45) is 5.09. The van der Waals surface area contributed by atoms with Gasteiger partial charge in [-0.05, 0) is 55.8 Å². The molecule has 5 aliphatic heterocycles. The van der Waals surface area contributed by atoms with Crippen molar-refractivity contribution in [2.75, 3.05) is 37.6 Å². The van der Waals surface area contributed by atoms with E-state index in [0.717, 1.165) is 18.9 Å². The lowest BCUT2D eigenvalue weighted by molar-refractivity contribution is 0.107. The van der Waals surface area contributed by atoms with E-state index < -0.39 is 29.9 Å². The normalized spacial score (nSPS) is 27.6. The number of rotatable bonds is 5. The molecule has 226 valence electrons. The number of aromatic hydroxyl groups is 1. The van der Waals surface area contributed by atoms with Crippen LogP contribution in [0, 0.1) is 24.0 Å². The van der Waals surface area contributed by atoms with Gasteiger partial charge >= 0.3 is 6.01 Å². The highest BCUT2D eigenvalue weighted by molar-refractivity contribution is 6.03. The Bertz CT molecular complexity index is 2000. The number of fused-ring (bicyclic) bond motifs is 6. The topological polar surface area (TPSA) is 86.6 Å². The predicted molar refractivity (Wildman–Crippen MR) is 160 cm³/mol. The zero-order valence-electron chi connectivity index (χ0n) is 26.7. The number of piperazine rings is 1. The fourth-order valence-corrected chi connectivity index (χ4v) is 7.58. The summed E-state index contributed by atoms with van der Waals surface area (Å²) in [5, 5.41) is 14.8. The van der Waals surface area contributed by atoms with E-state index in [-0.39, 0.29) is 69.9 Å². The molecule has 0 spiro atoms. The van der Waals surface area contributed by atoms with E-state index in [4.69, 9.17) is 8.85 Å². The molecule has 4 aromatic rings. The quantitative estimate of drug-likeness (QED) is 0.318. The molecule has 5 fully saturated rings. The molecule has 0 amide bonds. The van der Waals surface area contributed by atoms with E-state index >= 15 is 4.39 Å². The summed E-state index contributed by atoms with van der Waals surface area (Å²) in [4.78, 5) is 17.4. The van der Waals surface area contributed by atoms with Gasteiger partial charge in [-0.25, -0.2) is 13.2 Å². The van der Waals surface area contributed by atoms with Crippen LogP contribution in [-0.2, 0) is 0 Å². The smallest absolute Gasteiger partial charge is 0.319 e. The van der Waals surface area contributed by atoms with Gasteiger partial charge in [0, 0.05) is 55.3 Å². The summed E-state index contributed by atoms with van der Waals surface area (Å²) in [5.74, 6) is 0.931. The van der Waals surface area contributed by atoms with Crippen molar-refractivity contribution in [3.05, 3.63) is 47.7 Å².